The summed E-state index contributed by atoms with van der Waals surface area (Å²) in [5.74, 6) is 1.35. The molecule has 7 heteroatoms. The SMILES string of the molecule is COc1ccc(C(=O)NC(C)(C)C)cc1OCCCCOc1ccc(C(=O)CC(C)(C)C)c(O)c1C. The summed E-state index contributed by atoms with van der Waals surface area (Å²) in [6, 6.07) is 8.48. The lowest BCUT2D eigenvalue weighted by Crippen LogP contribution is -2.40. The number of Topliss-reactive ketones (excluding diaryl/α,β-unsaturated/α-hetero) is 1. The molecule has 0 atom stereocenters. The molecule has 7 nitrogen and oxygen atoms in total. The van der Waals surface area contributed by atoms with Gasteiger partial charge in [-0.05, 0) is 76.3 Å². The molecule has 2 aromatic rings. The Kier molecular flexibility index (Phi) is 9.79. The van der Waals surface area contributed by atoms with Crippen LogP contribution in [-0.4, -0.2) is 42.7 Å². The number of amides is 1. The van der Waals surface area contributed by atoms with Crippen molar-refractivity contribution in [3.63, 3.8) is 0 Å². The Bertz CT molecular complexity index is 1060. The predicted octanol–water partition coefficient (Wildman–Crippen LogP) is 6.09. The molecule has 0 saturated carbocycles. The van der Waals surface area contributed by atoms with Crippen molar-refractivity contribution < 1.29 is 28.9 Å². The highest BCUT2D eigenvalue weighted by Crippen LogP contribution is 2.33. The fourth-order valence-electron chi connectivity index (χ4n) is 3.55. The number of hydrogen-bond donors (Lipinski definition) is 2. The highest BCUT2D eigenvalue weighted by molar-refractivity contribution is 5.99. The minimum atomic E-state index is -0.338. The highest BCUT2D eigenvalue weighted by Gasteiger charge is 2.22. The van der Waals surface area contributed by atoms with E-state index < -0.39 is 0 Å². The quantitative estimate of drug-likeness (QED) is 0.287. The molecule has 36 heavy (non-hydrogen) atoms. The zero-order chi connectivity index (χ0) is 27.1. The van der Waals surface area contributed by atoms with Crippen molar-refractivity contribution in [3.05, 3.63) is 47.0 Å². The highest BCUT2D eigenvalue weighted by atomic mass is 16.5. The molecule has 0 saturated heterocycles. The van der Waals surface area contributed by atoms with Crippen molar-refractivity contribution in [1.82, 2.24) is 5.32 Å². The van der Waals surface area contributed by atoms with Gasteiger partial charge in [0.25, 0.3) is 5.91 Å². The summed E-state index contributed by atoms with van der Waals surface area (Å²) in [6.45, 7) is 14.4. The van der Waals surface area contributed by atoms with Crippen molar-refractivity contribution >= 4 is 11.7 Å². The van der Waals surface area contributed by atoms with Crippen LogP contribution in [0.25, 0.3) is 0 Å². The number of nitrogens with one attached hydrogen (secondary N) is 1. The van der Waals surface area contributed by atoms with Gasteiger partial charge in [0.15, 0.2) is 17.3 Å². The molecule has 2 N–H and O–H groups in total. The molecule has 0 heterocycles. The number of aromatic hydroxyl groups is 1. The van der Waals surface area contributed by atoms with Crippen LogP contribution in [-0.2, 0) is 0 Å². The zero-order valence-corrected chi connectivity index (χ0v) is 22.9. The standard InChI is InChI=1S/C29H41NO6/c1-19-23(14-12-21(26(19)32)22(31)18-28(2,3)4)35-15-9-10-16-36-25-17-20(11-13-24(25)34-8)27(33)30-29(5,6)7/h11-14,17,32H,9-10,15-16,18H2,1-8H3,(H,30,33). The first-order chi connectivity index (χ1) is 16.7. The van der Waals surface area contributed by atoms with Gasteiger partial charge in [-0.1, -0.05) is 20.8 Å². The zero-order valence-electron chi connectivity index (χ0n) is 22.9. The van der Waals surface area contributed by atoms with Crippen LogP contribution in [0.3, 0.4) is 0 Å². The summed E-state index contributed by atoms with van der Waals surface area (Å²) in [4.78, 5) is 25.0. The van der Waals surface area contributed by atoms with E-state index >= 15 is 0 Å². The van der Waals surface area contributed by atoms with Gasteiger partial charge in [-0.3, -0.25) is 9.59 Å². The summed E-state index contributed by atoms with van der Waals surface area (Å²) in [5.41, 5.74) is 0.897. The lowest BCUT2D eigenvalue weighted by atomic mass is 9.87. The molecule has 0 aliphatic rings. The predicted molar refractivity (Wildman–Crippen MR) is 142 cm³/mol. The smallest absolute Gasteiger partial charge is 0.251 e. The van der Waals surface area contributed by atoms with Crippen LogP contribution < -0.4 is 19.5 Å². The lowest BCUT2D eigenvalue weighted by Gasteiger charge is -2.21. The second-order valence-corrected chi connectivity index (χ2v) is 11.2. The largest absolute Gasteiger partial charge is 0.507 e. The molecular weight excluding hydrogens is 458 g/mol. The average Bonchev–Trinajstić information content (AvgIpc) is 2.76. The molecule has 2 aromatic carbocycles. The van der Waals surface area contributed by atoms with Crippen molar-refractivity contribution in [2.24, 2.45) is 5.41 Å². The Balaban J connectivity index is 1.89. The molecule has 0 aromatic heterocycles. The van der Waals surface area contributed by atoms with Crippen LogP contribution >= 0.6 is 0 Å². The van der Waals surface area contributed by atoms with E-state index in [2.05, 4.69) is 5.32 Å². The average molecular weight is 500 g/mol. The van der Waals surface area contributed by atoms with Crippen molar-refractivity contribution in [1.29, 1.82) is 0 Å². The third-order valence-corrected chi connectivity index (χ3v) is 5.34. The van der Waals surface area contributed by atoms with Crippen LogP contribution in [0.2, 0.25) is 0 Å². The van der Waals surface area contributed by atoms with E-state index in [0.29, 0.717) is 53.6 Å². The number of phenols is 1. The summed E-state index contributed by atoms with van der Waals surface area (Å²) in [5, 5.41) is 13.5. The molecule has 0 aliphatic carbocycles. The van der Waals surface area contributed by atoms with E-state index in [-0.39, 0.29) is 28.4 Å². The third-order valence-electron chi connectivity index (χ3n) is 5.34. The second kappa shape index (κ2) is 12.2. The number of carbonyl (C=O) groups excluding carboxylic acids is 2. The number of rotatable bonds is 11. The second-order valence-electron chi connectivity index (χ2n) is 11.2. The maximum Gasteiger partial charge on any atom is 0.251 e. The van der Waals surface area contributed by atoms with Gasteiger partial charge in [-0.2, -0.15) is 0 Å². The maximum atomic E-state index is 12.5. The molecule has 198 valence electrons. The van der Waals surface area contributed by atoms with E-state index in [4.69, 9.17) is 14.2 Å². The van der Waals surface area contributed by atoms with Gasteiger partial charge < -0.3 is 24.6 Å². The van der Waals surface area contributed by atoms with Gasteiger partial charge in [0.1, 0.15) is 11.5 Å². The number of phenolic OH excluding ortho intramolecular Hbond substituents is 1. The molecule has 0 aliphatic heterocycles. The van der Waals surface area contributed by atoms with Gasteiger partial charge in [0.2, 0.25) is 0 Å². The van der Waals surface area contributed by atoms with E-state index in [1.165, 1.54) is 0 Å². The van der Waals surface area contributed by atoms with Crippen molar-refractivity contribution in [2.45, 2.75) is 73.3 Å². The number of hydrogen-bond acceptors (Lipinski definition) is 6. The van der Waals surface area contributed by atoms with Gasteiger partial charge in [-0.15, -0.1) is 0 Å². The molecule has 2 rings (SSSR count). The van der Waals surface area contributed by atoms with E-state index in [1.54, 1.807) is 44.4 Å². The van der Waals surface area contributed by atoms with Crippen molar-refractivity contribution in [2.75, 3.05) is 20.3 Å². The number of benzene rings is 2. The maximum absolute atomic E-state index is 12.5. The Hall–Kier alpha value is -3.22. The van der Waals surface area contributed by atoms with E-state index in [0.717, 1.165) is 12.8 Å². The summed E-state index contributed by atoms with van der Waals surface area (Å²) >= 11 is 0. The first-order valence-electron chi connectivity index (χ1n) is 12.3. The minimum absolute atomic E-state index is 0.0208. The molecule has 0 bridgehead atoms. The van der Waals surface area contributed by atoms with Gasteiger partial charge >= 0.3 is 0 Å². The fourth-order valence-corrected chi connectivity index (χ4v) is 3.55. The minimum Gasteiger partial charge on any atom is -0.507 e. The first-order valence-corrected chi connectivity index (χ1v) is 12.3. The monoisotopic (exact) mass is 499 g/mol. The van der Waals surface area contributed by atoms with Crippen LogP contribution in [0.15, 0.2) is 30.3 Å². The molecule has 0 fully saturated rings. The Morgan fingerprint density at radius 1 is 0.889 bits per heavy atom. The lowest BCUT2D eigenvalue weighted by molar-refractivity contribution is 0.0915. The summed E-state index contributed by atoms with van der Waals surface area (Å²) < 4.78 is 17.1. The number of ether oxygens (including phenoxy) is 3. The molecule has 0 unspecified atom stereocenters. The number of ketones is 1. The number of carbonyl (C=O) groups is 2. The van der Waals surface area contributed by atoms with Crippen LogP contribution in [0, 0.1) is 12.3 Å². The summed E-state index contributed by atoms with van der Waals surface area (Å²) in [7, 11) is 1.56. The Labute approximate surface area is 215 Å². The van der Waals surface area contributed by atoms with Crippen LogP contribution in [0.5, 0.6) is 23.0 Å². The normalized spacial score (nSPS) is 11.7. The Morgan fingerprint density at radius 2 is 1.47 bits per heavy atom. The topological polar surface area (TPSA) is 94.1 Å². The van der Waals surface area contributed by atoms with Crippen molar-refractivity contribution in [3.8, 4) is 23.0 Å². The van der Waals surface area contributed by atoms with Crippen LogP contribution in [0.4, 0.5) is 0 Å². The Morgan fingerprint density at radius 3 is 2.03 bits per heavy atom. The first kappa shape index (κ1) is 29.0. The van der Waals surface area contributed by atoms with E-state index in [9.17, 15) is 14.7 Å². The number of methoxy groups -OCH3 is 1. The third kappa shape index (κ3) is 8.77. The summed E-state index contributed by atoms with van der Waals surface area (Å²) in [6.07, 6.45) is 1.79. The van der Waals surface area contributed by atoms with Gasteiger partial charge in [0, 0.05) is 23.1 Å². The fraction of sp³-hybridized carbons (Fsp3) is 0.517. The van der Waals surface area contributed by atoms with Gasteiger partial charge in [0.05, 0.1) is 25.9 Å². The molecular formula is C29H41NO6. The van der Waals surface area contributed by atoms with E-state index in [1.807, 2.05) is 41.5 Å². The number of unbranched alkanes of at least 4 members (excludes halogenated alkanes) is 1. The molecule has 1 amide bonds. The molecule has 0 radical (unpaired) electrons. The molecule has 0 spiro atoms. The van der Waals surface area contributed by atoms with Gasteiger partial charge in [-0.25, -0.2) is 0 Å². The van der Waals surface area contributed by atoms with Crippen LogP contribution in [0.1, 0.15) is 87.1 Å².